The third-order valence-corrected chi connectivity index (χ3v) is 2.41. The molecule has 1 aromatic rings. The SMILES string of the molecule is O=C(O)c1cncn1C1CCCOC1. The zero-order chi connectivity index (χ0) is 9.97. The zero-order valence-corrected chi connectivity index (χ0v) is 7.72. The minimum absolute atomic E-state index is 0.123. The predicted octanol–water partition coefficient (Wildman–Crippen LogP) is 0.933. The van der Waals surface area contributed by atoms with E-state index in [1.54, 1.807) is 10.9 Å². The molecule has 0 bridgehead atoms. The second kappa shape index (κ2) is 3.79. The molecule has 2 heterocycles. The van der Waals surface area contributed by atoms with Gasteiger partial charge in [0.2, 0.25) is 0 Å². The molecule has 0 aromatic carbocycles. The summed E-state index contributed by atoms with van der Waals surface area (Å²) in [6, 6.07) is 0.123. The molecule has 14 heavy (non-hydrogen) atoms. The van der Waals surface area contributed by atoms with Crippen LogP contribution >= 0.6 is 0 Å². The number of aromatic nitrogens is 2. The maximum Gasteiger partial charge on any atom is 0.354 e. The zero-order valence-electron chi connectivity index (χ0n) is 7.72. The smallest absolute Gasteiger partial charge is 0.354 e. The molecule has 0 radical (unpaired) electrons. The highest BCUT2D eigenvalue weighted by Crippen LogP contribution is 2.20. The summed E-state index contributed by atoms with van der Waals surface area (Å²) in [6.45, 7) is 1.35. The lowest BCUT2D eigenvalue weighted by molar-refractivity contribution is 0.0539. The van der Waals surface area contributed by atoms with Gasteiger partial charge in [-0.3, -0.25) is 0 Å². The standard InChI is InChI=1S/C9H12N2O3/c12-9(13)8-4-10-6-11(8)7-2-1-3-14-5-7/h4,6-7H,1-3,5H2,(H,12,13). The lowest BCUT2D eigenvalue weighted by Gasteiger charge is -2.24. The van der Waals surface area contributed by atoms with Crippen LogP contribution in [0.3, 0.4) is 0 Å². The quantitative estimate of drug-likeness (QED) is 0.764. The maximum absolute atomic E-state index is 10.8. The number of rotatable bonds is 2. The van der Waals surface area contributed by atoms with Crippen LogP contribution in [0.1, 0.15) is 29.4 Å². The largest absolute Gasteiger partial charge is 0.477 e. The normalized spacial score (nSPS) is 22.1. The van der Waals surface area contributed by atoms with Crippen LogP contribution in [0.2, 0.25) is 0 Å². The minimum atomic E-state index is -0.937. The molecule has 1 N–H and O–H groups in total. The Balaban J connectivity index is 2.21. The molecule has 0 spiro atoms. The summed E-state index contributed by atoms with van der Waals surface area (Å²) in [4.78, 5) is 14.7. The van der Waals surface area contributed by atoms with Gasteiger partial charge in [0, 0.05) is 6.61 Å². The lowest BCUT2D eigenvalue weighted by Crippen LogP contribution is -2.23. The molecule has 2 rings (SSSR count). The molecule has 5 nitrogen and oxygen atoms in total. The molecule has 0 aliphatic carbocycles. The number of nitrogens with zero attached hydrogens (tertiary/aromatic N) is 2. The highest BCUT2D eigenvalue weighted by Gasteiger charge is 2.20. The van der Waals surface area contributed by atoms with E-state index in [0.717, 1.165) is 19.4 Å². The number of hydrogen-bond donors (Lipinski definition) is 1. The van der Waals surface area contributed by atoms with Crippen LogP contribution in [0.5, 0.6) is 0 Å². The third-order valence-electron chi connectivity index (χ3n) is 2.41. The molecule has 1 fully saturated rings. The first-order chi connectivity index (χ1) is 6.79. The number of carboxylic acids is 1. The summed E-state index contributed by atoms with van der Waals surface area (Å²) in [7, 11) is 0. The highest BCUT2D eigenvalue weighted by molar-refractivity contribution is 5.85. The second-order valence-corrected chi connectivity index (χ2v) is 3.36. The second-order valence-electron chi connectivity index (χ2n) is 3.36. The van der Waals surface area contributed by atoms with Crippen LogP contribution < -0.4 is 0 Å². The van der Waals surface area contributed by atoms with Crippen molar-refractivity contribution in [3.8, 4) is 0 Å². The summed E-state index contributed by atoms with van der Waals surface area (Å²) in [6.07, 6.45) is 4.86. The summed E-state index contributed by atoms with van der Waals surface area (Å²) in [5, 5.41) is 8.88. The van der Waals surface area contributed by atoms with Crippen molar-refractivity contribution in [3.05, 3.63) is 18.2 Å². The van der Waals surface area contributed by atoms with E-state index >= 15 is 0 Å². The monoisotopic (exact) mass is 196 g/mol. The number of aromatic carboxylic acids is 1. The van der Waals surface area contributed by atoms with Gasteiger partial charge in [-0.25, -0.2) is 9.78 Å². The van der Waals surface area contributed by atoms with Crippen molar-refractivity contribution in [2.45, 2.75) is 18.9 Å². The number of imidazole rings is 1. The number of carboxylic acid groups (broad SMARTS) is 1. The number of carbonyl (C=O) groups is 1. The van der Waals surface area contributed by atoms with Gasteiger partial charge in [-0.05, 0) is 12.8 Å². The maximum atomic E-state index is 10.8. The highest BCUT2D eigenvalue weighted by atomic mass is 16.5. The fourth-order valence-electron chi connectivity index (χ4n) is 1.70. The topological polar surface area (TPSA) is 64.3 Å². The summed E-state index contributed by atoms with van der Waals surface area (Å²) >= 11 is 0. The Labute approximate surface area is 81.3 Å². The van der Waals surface area contributed by atoms with E-state index in [0.29, 0.717) is 6.61 Å². The van der Waals surface area contributed by atoms with Crippen molar-refractivity contribution in [2.75, 3.05) is 13.2 Å². The van der Waals surface area contributed by atoms with Crippen molar-refractivity contribution in [1.82, 2.24) is 9.55 Å². The van der Waals surface area contributed by atoms with Gasteiger partial charge < -0.3 is 14.4 Å². The van der Waals surface area contributed by atoms with Crippen molar-refractivity contribution >= 4 is 5.97 Å². The van der Waals surface area contributed by atoms with Crippen LogP contribution in [0.15, 0.2) is 12.5 Å². The first-order valence-corrected chi connectivity index (χ1v) is 4.62. The molecule has 1 atom stereocenters. The average molecular weight is 196 g/mol. The summed E-state index contributed by atoms with van der Waals surface area (Å²) in [5.74, 6) is -0.937. The summed E-state index contributed by atoms with van der Waals surface area (Å²) < 4.78 is 6.98. The molecule has 1 aromatic heterocycles. The minimum Gasteiger partial charge on any atom is -0.477 e. The van der Waals surface area contributed by atoms with Gasteiger partial charge in [0.05, 0.1) is 25.2 Å². The Bertz CT molecular complexity index is 329. The fraction of sp³-hybridized carbons (Fsp3) is 0.556. The molecular formula is C9H12N2O3. The number of ether oxygens (including phenoxy) is 1. The molecule has 1 saturated heterocycles. The van der Waals surface area contributed by atoms with Crippen molar-refractivity contribution in [2.24, 2.45) is 0 Å². The molecule has 1 unspecified atom stereocenters. The molecule has 1 aliphatic rings. The average Bonchev–Trinajstić information content (AvgIpc) is 2.67. The molecular weight excluding hydrogens is 184 g/mol. The van der Waals surface area contributed by atoms with E-state index in [4.69, 9.17) is 9.84 Å². The molecule has 0 amide bonds. The van der Waals surface area contributed by atoms with Gasteiger partial charge in [-0.1, -0.05) is 0 Å². The lowest BCUT2D eigenvalue weighted by atomic mass is 10.1. The van der Waals surface area contributed by atoms with Crippen molar-refractivity contribution in [1.29, 1.82) is 0 Å². The van der Waals surface area contributed by atoms with Crippen molar-refractivity contribution < 1.29 is 14.6 Å². The van der Waals surface area contributed by atoms with E-state index in [1.165, 1.54) is 6.20 Å². The van der Waals surface area contributed by atoms with Crippen LogP contribution in [0.4, 0.5) is 0 Å². The van der Waals surface area contributed by atoms with Crippen LogP contribution in [0, 0.1) is 0 Å². The Hall–Kier alpha value is -1.36. The van der Waals surface area contributed by atoms with Gasteiger partial charge >= 0.3 is 5.97 Å². The van der Waals surface area contributed by atoms with E-state index in [2.05, 4.69) is 4.98 Å². The molecule has 0 saturated carbocycles. The Morgan fingerprint density at radius 3 is 3.21 bits per heavy atom. The first kappa shape index (κ1) is 9.21. The van der Waals surface area contributed by atoms with Gasteiger partial charge in [0.15, 0.2) is 0 Å². The van der Waals surface area contributed by atoms with E-state index in [1.807, 2.05) is 0 Å². The van der Waals surface area contributed by atoms with E-state index in [9.17, 15) is 4.79 Å². The van der Waals surface area contributed by atoms with E-state index < -0.39 is 5.97 Å². The number of hydrogen-bond acceptors (Lipinski definition) is 3. The van der Waals surface area contributed by atoms with Gasteiger partial charge in [0.25, 0.3) is 0 Å². The van der Waals surface area contributed by atoms with Gasteiger partial charge in [-0.2, -0.15) is 0 Å². The molecule has 5 heteroatoms. The fourth-order valence-corrected chi connectivity index (χ4v) is 1.70. The van der Waals surface area contributed by atoms with Crippen molar-refractivity contribution in [3.63, 3.8) is 0 Å². The first-order valence-electron chi connectivity index (χ1n) is 4.62. The van der Waals surface area contributed by atoms with E-state index in [-0.39, 0.29) is 11.7 Å². The Kier molecular flexibility index (Phi) is 2.49. The van der Waals surface area contributed by atoms with Crippen LogP contribution in [0.25, 0.3) is 0 Å². The summed E-state index contributed by atoms with van der Waals surface area (Å²) in [5.41, 5.74) is 0.237. The van der Waals surface area contributed by atoms with Gasteiger partial charge in [0.1, 0.15) is 5.69 Å². The molecule has 76 valence electrons. The Morgan fingerprint density at radius 1 is 1.71 bits per heavy atom. The van der Waals surface area contributed by atoms with Crippen LogP contribution in [-0.4, -0.2) is 33.8 Å². The predicted molar refractivity (Wildman–Crippen MR) is 48.3 cm³/mol. The Morgan fingerprint density at radius 2 is 2.57 bits per heavy atom. The van der Waals surface area contributed by atoms with Gasteiger partial charge in [-0.15, -0.1) is 0 Å². The molecule has 1 aliphatic heterocycles. The third kappa shape index (κ3) is 1.63. The van der Waals surface area contributed by atoms with Crippen LogP contribution in [-0.2, 0) is 4.74 Å².